The number of hydrogen-bond acceptors (Lipinski definition) is 4. The molecular weight excluding hydrogens is 635 g/mol. The van der Waals surface area contributed by atoms with Crippen molar-refractivity contribution in [3.05, 3.63) is 139 Å². The van der Waals surface area contributed by atoms with E-state index in [0.29, 0.717) is 24.2 Å². The zero-order chi connectivity index (χ0) is 37.1. The van der Waals surface area contributed by atoms with Crippen LogP contribution in [0.25, 0.3) is 0 Å². The number of benzene rings is 2. The van der Waals surface area contributed by atoms with Gasteiger partial charge in [-0.2, -0.15) is 0 Å². The van der Waals surface area contributed by atoms with Gasteiger partial charge in [-0.05, 0) is 82.0 Å². The first-order valence-corrected chi connectivity index (χ1v) is 18.2. The Bertz CT molecular complexity index is 1840. The van der Waals surface area contributed by atoms with Gasteiger partial charge in [0, 0.05) is 35.6 Å². The lowest BCUT2D eigenvalue weighted by Gasteiger charge is -2.21. The fourth-order valence-electron chi connectivity index (χ4n) is 7.82. The third-order valence-electron chi connectivity index (χ3n) is 9.80. The van der Waals surface area contributed by atoms with Crippen LogP contribution in [0.1, 0.15) is 144 Å². The van der Waals surface area contributed by atoms with Crippen molar-refractivity contribution in [1.82, 2.24) is 15.0 Å². The Hall–Kier alpha value is -4.78. The molecule has 0 unspecified atom stereocenters. The number of H-pyrrole nitrogens is 3. The van der Waals surface area contributed by atoms with Crippen LogP contribution < -0.4 is 0 Å². The average molecular weight is 690 g/mol. The standard InChI is InChI=1S/C44H55N3O4/c1-11-31-32(12-2)34(24-36-38(44(8,9)10)28(4)40(47-36)42(49)51-26-30-21-17-14-18-22-30)45-33(31)23-35-37(43(5,6)7)27(3)39(46-35)41(48)50-25-29-19-15-13-16-20-29/h13-22,45-47H,11-12,23-26H2,1-10H3. The molecule has 7 heteroatoms. The highest BCUT2D eigenvalue weighted by molar-refractivity contribution is 5.90. The van der Waals surface area contributed by atoms with E-state index in [1.54, 1.807) is 0 Å². The lowest BCUT2D eigenvalue weighted by Crippen LogP contribution is -2.15. The number of hydrogen-bond donors (Lipinski definition) is 3. The van der Waals surface area contributed by atoms with Crippen molar-refractivity contribution in [2.45, 2.75) is 119 Å². The normalized spacial score (nSPS) is 12.0. The van der Waals surface area contributed by atoms with E-state index >= 15 is 0 Å². The largest absolute Gasteiger partial charge is 0.456 e. The Kier molecular flexibility index (Phi) is 11.2. The van der Waals surface area contributed by atoms with Crippen molar-refractivity contribution in [3.8, 4) is 0 Å². The maximum Gasteiger partial charge on any atom is 0.355 e. The molecule has 0 atom stereocenters. The fraction of sp³-hybridized carbons (Fsp3) is 0.409. The molecule has 3 heterocycles. The number of aromatic amines is 3. The minimum Gasteiger partial charge on any atom is -0.456 e. The van der Waals surface area contributed by atoms with Crippen molar-refractivity contribution in [1.29, 1.82) is 0 Å². The Morgan fingerprint density at radius 1 is 0.549 bits per heavy atom. The Balaban J connectivity index is 1.48. The number of nitrogens with one attached hydrogen (secondary N) is 3. The summed E-state index contributed by atoms with van der Waals surface area (Å²) in [5.74, 6) is -0.694. The second-order valence-electron chi connectivity index (χ2n) is 15.7. The summed E-state index contributed by atoms with van der Waals surface area (Å²) in [6.07, 6.45) is 3.00. The predicted octanol–water partition coefficient (Wildman–Crippen LogP) is 9.90. The predicted molar refractivity (Wildman–Crippen MR) is 205 cm³/mol. The maximum absolute atomic E-state index is 13.4. The van der Waals surface area contributed by atoms with Crippen LogP contribution in [-0.2, 0) is 59.2 Å². The molecule has 0 aliphatic rings. The average Bonchev–Trinajstić information content (AvgIpc) is 3.72. The molecule has 3 N–H and O–H groups in total. The van der Waals surface area contributed by atoms with E-state index < -0.39 is 0 Å². The van der Waals surface area contributed by atoms with E-state index in [2.05, 4.69) is 70.3 Å². The van der Waals surface area contributed by atoms with Crippen molar-refractivity contribution in [2.24, 2.45) is 0 Å². The summed E-state index contributed by atoms with van der Waals surface area (Å²) in [7, 11) is 0. The lowest BCUT2D eigenvalue weighted by molar-refractivity contribution is 0.0457. The number of rotatable bonds is 12. The molecule has 0 aliphatic carbocycles. The molecule has 2 aromatic carbocycles. The molecule has 0 saturated carbocycles. The molecule has 3 aromatic heterocycles. The summed E-state index contributed by atoms with van der Waals surface area (Å²) < 4.78 is 11.5. The van der Waals surface area contributed by atoms with Crippen LogP contribution in [-0.4, -0.2) is 26.9 Å². The highest BCUT2D eigenvalue weighted by atomic mass is 16.5. The van der Waals surface area contributed by atoms with Gasteiger partial charge in [0.25, 0.3) is 0 Å². The van der Waals surface area contributed by atoms with Gasteiger partial charge in [-0.3, -0.25) is 0 Å². The molecule has 0 amide bonds. The van der Waals surface area contributed by atoms with E-state index in [4.69, 9.17) is 9.47 Å². The molecular formula is C44H55N3O4. The Morgan fingerprint density at radius 2 is 0.902 bits per heavy atom. The molecule has 0 fully saturated rings. The third-order valence-corrected chi connectivity index (χ3v) is 9.80. The number of carbonyl (C=O) groups excluding carboxylic acids is 2. The van der Waals surface area contributed by atoms with Crippen LogP contribution in [0.3, 0.4) is 0 Å². The highest BCUT2D eigenvalue weighted by Gasteiger charge is 2.31. The first-order chi connectivity index (χ1) is 24.1. The molecule has 51 heavy (non-hydrogen) atoms. The Labute approximate surface area is 303 Å². The van der Waals surface area contributed by atoms with Crippen LogP contribution in [0.15, 0.2) is 60.7 Å². The van der Waals surface area contributed by atoms with Crippen molar-refractivity contribution in [3.63, 3.8) is 0 Å². The van der Waals surface area contributed by atoms with Gasteiger partial charge in [0.05, 0.1) is 0 Å². The molecule has 0 aliphatic heterocycles. The minimum atomic E-state index is -0.347. The van der Waals surface area contributed by atoms with Crippen LogP contribution in [0, 0.1) is 13.8 Å². The molecule has 5 rings (SSSR count). The van der Waals surface area contributed by atoms with Crippen LogP contribution >= 0.6 is 0 Å². The zero-order valence-corrected chi connectivity index (χ0v) is 32.1. The molecule has 7 nitrogen and oxygen atoms in total. The van der Waals surface area contributed by atoms with Gasteiger partial charge in [-0.25, -0.2) is 9.59 Å². The summed E-state index contributed by atoms with van der Waals surface area (Å²) in [6, 6.07) is 19.5. The third kappa shape index (κ3) is 8.24. The van der Waals surface area contributed by atoms with Crippen LogP contribution in [0.5, 0.6) is 0 Å². The van der Waals surface area contributed by atoms with Gasteiger partial charge in [0.15, 0.2) is 0 Å². The van der Waals surface area contributed by atoms with Gasteiger partial charge in [0.2, 0.25) is 0 Å². The number of aromatic nitrogens is 3. The van der Waals surface area contributed by atoms with Crippen LogP contribution in [0.4, 0.5) is 0 Å². The first-order valence-electron chi connectivity index (χ1n) is 18.2. The fourth-order valence-corrected chi connectivity index (χ4v) is 7.82. The quantitative estimate of drug-likeness (QED) is 0.114. The Morgan fingerprint density at radius 3 is 1.22 bits per heavy atom. The SMILES string of the molecule is CCc1c(Cc2[nH]c(C(=O)OCc3ccccc3)c(C)c2C(C)(C)C)[nH]c(Cc2[nH]c(C(=O)OCc3ccccc3)c(C)c2C(C)(C)C)c1CC. The number of ether oxygens (including phenoxy) is 2. The van der Waals surface area contributed by atoms with E-state index in [9.17, 15) is 9.59 Å². The minimum absolute atomic E-state index is 0.196. The van der Waals surface area contributed by atoms with Crippen molar-refractivity contribution < 1.29 is 19.1 Å². The maximum atomic E-state index is 13.4. The smallest absolute Gasteiger partial charge is 0.355 e. The van der Waals surface area contributed by atoms with Crippen molar-refractivity contribution in [2.75, 3.05) is 0 Å². The topological polar surface area (TPSA) is 100.0 Å². The lowest BCUT2D eigenvalue weighted by atomic mass is 9.83. The van der Waals surface area contributed by atoms with Crippen LogP contribution in [0.2, 0.25) is 0 Å². The summed E-state index contributed by atoms with van der Waals surface area (Å²) in [5, 5.41) is 0. The monoisotopic (exact) mass is 689 g/mol. The van der Waals surface area contributed by atoms with Gasteiger partial charge in [-0.1, -0.05) is 116 Å². The number of esters is 2. The summed E-state index contributed by atoms with van der Waals surface area (Å²) >= 11 is 0. The van der Waals surface area contributed by atoms with Crippen molar-refractivity contribution >= 4 is 11.9 Å². The van der Waals surface area contributed by atoms with Gasteiger partial charge in [-0.15, -0.1) is 0 Å². The van der Waals surface area contributed by atoms with Gasteiger partial charge in [0.1, 0.15) is 24.6 Å². The molecule has 0 spiro atoms. The molecule has 5 aromatic rings. The first kappa shape index (κ1) is 37.5. The second kappa shape index (κ2) is 15.2. The van der Waals surface area contributed by atoms with E-state index in [-0.39, 0.29) is 36.0 Å². The zero-order valence-electron chi connectivity index (χ0n) is 32.1. The van der Waals surface area contributed by atoms with E-state index in [0.717, 1.165) is 69.0 Å². The molecule has 270 valence electrons. The highest BCUT2D eigenvalue weighted by Crippen LogP contribution is 2.36. The summed E-state index contributed by atoms with van der Waals surface area (Å²) in [5.41, 5.74) is 13.6. The summed E-state index contributed by atoms with van der Waals surface area (Å²) in [4.78, 5) is 37.7. The molecule has 0 radical (unpaired) electrons. The van der Waals surface area contributed by atoms with Gasteiger partial charge >= 0.3 is 11.9 Å². The number of carbonyl (C=O) groups is 2. The second-order valence-corrected chi connectivity index (χ2v) is 15.7. The molecule has 0 saturated heterocycles. The van der Waals surface area contributed by atoms with Gasteiger partial charge < -0.3 is 24.4 Å². The summed E-state index contributed by atoms with van der Waals surface area (Å²) in [6.45, 7) is 22.0. The molecule has 0 bridgehead atoms. The van der Waals surface area contributed by atoms with E-state index in [1.165, 1.54) is 11.1 Å². The van der Waals surface area contributed by atoms with E-state index in [1.807, 2.05) is 74.5 Å².